The van der Waals surface area contributed by atoms with E-state index in [0.29, 0.717) is 6.04 Å². The van der Waals surface area contributed by atoms with Crippen molar-refractivity contribution >= 4 is 22.9 Å². The highest BCUT2D eigenvalue weighted by molar-refractivity contribution is 7.09. The Morgan fingerprint density at radius 1 is 1.38 bits per heavy atom. The molecule has 0 amide bonds. The summed E-state index contributed by atoms with van der Waals surface area (Å²) in [5.74, 6) is 0.172. The van der Waals surface area contributed by atoms with Crippen LogP contribution in [0.5, 0.6) is 0 Å². The summed E-state index contributed by atoms with van der Waals surface area (Å²) in [6, 6.07) is 10.7. The molecule has 1 aromatic carbocycles. The van der Waals surface area contributed by atoms with Gasteiger partial charge in [-0.25, -0.2) is 0 Å². The van der Waals surface area contributed by atoms with Crippen LogP contribution in [-0.2, 0) is 6.54 Å². The molecule has 5 heteroatoms. The van der Waals surface area contributed by atoms with E-state index < -0.39 is 0 Å². The van der Waals surface area contributed by atoms with Crippen molar-refractivity contribution in [3.8, 4) is 0 Å². The average molecular weight is 301 g/mol. The van der Waals surface area contributed by atoms with Gasteiger partial charge < -0.3 is 15.8 Å². The Bertz CT molecular complexity index is 648. The lowest BCUT2D eigenvalue weighted by molar-refractivity contribution is 0.318. The second-order valence-corrected chi connectivity index (χ2v) is 6.43. The van der Waals surface area contributed by atoms with Gasteiger partial charge in [-0.2, -0.15) is 0 Å². The summed E-state index contributed by atoms with van der Waals surface area (Å²) in [6.07, 6.45) is 2.41. The number of rotatable bonds is 5. The standard InChI is InChI=1S/C16H19N3OS/c1-11-4-2-6-14(16(17)18-20)15(11)19(12-7-8-12)10-13-5-3-9-21-13/h2-6,9,12,20H,7-8,10H2,1H3,(H2,17,18). The van der Waals surface area contributed by atoms with Crippen molar-refractivity contribution in [2.45, 2.75) is 32.4 Å². The molecule has 110 valence electrons. The van der Waals surface area contributed by atoms with E-state index in [2.05, 4.69) is 40.6 Å². The number of nitrogens with zero attached hydrogens (tertiary/aromatic N) is 2. The van der Waals surface area contributed by atoms with E-state index in [1.807, 2.05) is 12.1 Å². The number of oxime groups is 1. The topological polar surface area (TPSA) is 61.9 Å². The maximum atomic E-state index is 9.04. The Morgan fingerprint density at radius 2 is 2.19 bits per heavy atom. The predicted octanol–water partition coefficient (Wildman–Crippen LogP) is 3.32. The number of hydrogen-bond donors (Lipinski definition) is 2. The van der Waals surface area contributed by atoms with E-state index in [0.717, 1.165) is 23.4 Å². The Morgan fingerprint density at radius 3 is 2.81 bits per heavy atom. The summed E-state index contributed by atoms with van der Waals surface area (Å²) in [5.41, 5.74) is 8.92. The van der Waals surface area contributed by atoms with Crippen molar-refractivity contribution in [1.82, 2.24) is 0 Å². The number of nitrogens with two attached hydrogens (primary N) is 1. The van der Waals surface area contributed by atoms with Gasteiger partial charge in [-0.05, 0) is 42.8 Å². The highest BCUT2D eigenvalue weighted by Gasteiger charge is 2.32. The fourth-order valence-electron chi connectivity index (χ4n) is 2.65. The number of hydrogen-bond acceptors (Lipinski definition) is 4. The molecule has 1 heterocycles. The number of amidine groups is 1. The fraction of sp³-hybridized carbons (Fsp3) is 0.312. The second-order valence-electron chi connectivity index (χ2n) is 5.39. The first-order chi connectivity index (χ1) is 10.2. The molecule has 21 heavy (non-hydrogen) atoms. The van der Waals surface area contributed by atoms with Crippen LogP contribution >= 0.6 is 11.3 Å². The van der Waals surface area contributed by atoms with Crippen LogP contribution in [0.4, 0.5) is 5.69 Å². The van der Waals surface area contributed by atoms with Crippen LogP contribution in [0.1, 0.15) is 28.8 Å². The van der Waals surface area contributed by atoms with Gasteiger partial charge in [-0.1, -0.05) is 23.4 Å². The number of benzene rings is 1. The minimum absolute atomic E-state index is 0.172. The van der Waals surface area contributed by atoms with E-state index in [1.54, 1.807) is 11.3 Å². The van der Waals surface area contributed by atoms with Gasteiger partial charge in [0.25, 0.3) is 0 Å². The number of thiophene rings is 1. The molecule has 0 unspecified atom stereocenters. The minimum atomic E-state index is 0.172. The smallest absolute Gasteiger partial charge is 0.172 e. The van der Waals surface area contributed by atoms with E-state index in [9.17, 15) is 0 Å². The third-order valence-corrected chi connectivity index (χ3v) is 4.66. The number of anilines is 1. The Balaban J connectivity index is 2.03. The summed E-state index contributed by atoms with van der Waals surface area (Å²) in [4.78, 5) is 3.73. The van der Waals surface area contributed by atoms with Gasteiger partial charge in [0, 0.05) is 16.5 Å². The second kappa shape index (κ2) is 5.77. The molecule has 2 aromatic rings. The third-order valence-electron chi connectivity index (χ3n) is 3.80. The zero-order valence-electron chi connectivity index (χ0n) is 12.0. The number of para-hydroxylation sites is 1. The van der Waals surface area contributed by atoms with Gasteiger partial charge in [0.05, 0.1) is 12.2 Å². The van der Waals surface area contributed by atoms with E-state index in [1.165, 1.54) is 17.7 Å². The summed E-state index contributed by atoms with van der Waals surface area (Å²) in [5, 5.41) is 14.3. The molecule has 0 bridgehead atoms. The lowest BCUT2D eigenvalue weighted by Gasteiger charge is -2.28. The van der Waals surface area contributed by atoms with Crippen molar-refractivity contribution in [2.75, 3.05) is 4.90 Å². The van der Waals surface area contributed by atoms with Gasteiger partial charge >= 0.3 is 0 Å². The summed E-state index contributed by atoms with van der Waals surface area (Å²) >= 11 is 1.76. The first-order valence-electron chi connectivity index (χ1n) is 7.07. The largest absolute Gasteiger partial charge is 0.409 e. The van der Waals surface area contributed by atoms with Gasteiger partial charge in [0.15, 0.2) is 5.84 Å². The van der Waals surface area contributed by atoms with Crippen LogP contribution in [0.15, 0.2) is 40.9 Å². The summed E-state index contributed by atoms with van der Waals surface area (Å²) in [7, 11) is 0. The van der Waals surface area contributed by atoms with Gasteiger partial charge in [-0.3, -0.25) is 0 Å². The number of aryl methyl sites for hydroxylation is 1. The Kier molecular flexibility index (Phi) is 3.84. The molecule has 3 rings (SSSR count). The molecule has 0 radical (unpaired) electrons. The summed E-state index contributed by atoms with van der Waals surface area (Å²) < 4.78 is 0. The van der Waals surface area contributed by atoms with Gasteiger partial charge in [0.1, 0.15) is 0 Å². The molecule has 1 saturated carbocycles. The van der Waals surface area contributed by atoms with Crippen molar-refractivity contribution in [1.29, 1.82) is 0 Å². The van der Waals surface area contributed by atoms with Crippen molar-refractivity contribution in [3.63, 3.8) is 0 Å². The molecular weight excluding hydrogens is 282 g/mol. The van der Waals surface area contributed by atoms with Crippen LogP contribution in [0.25, 0.3) is 0 Å². The first kappa shape index (κ1) is 13.9. The quantitative estimate of drug-likeness (QED) is 0.385. The fourth-order valence-corrected chi connectivity index (χ4v) is 3.35. The third kappa shape index (κ3) is 2.88. The molecule has 0 atom stereocenters. The maximum Gasteiger partial charge on any atom is 0.172 e. The van der Waals surface area contributed by atoms with Crippen LogP contribution < -0.4 is 10.6 Å². The molecule has 4 nitrogen and oxygen atoms in total. The SMILES string of the molecule is Cc1cccc(/C(N)=N/O)c1N(Cc1cccs1)C1CC1. The van der Waals surface area contributed by atoms with E-state index in [4.69, 9.17) is 10.9 Å². The highest BCUT2D eigenvalue weighted by atomic mass is 32.1. The lowest BCUT2D eigenvalue weighted by Crippen LogP contribution is -2.29. The molecule has 1 fully saturated rings. The Labute approximate surface area is 128 Å². The zero-order valence-corrected chi connectivity index (χ0v) is 12.8. The van der Waals surface area contributed by atoms with Crippen LogP contribution in [-0.4, -0.2) is 17.1 Å². The maximum absolute atomic E-state index is 9.04. The minimum Gasteiger partial charge on any atom is -0.409 e. The predicted molar refractivity (Wildman–Crippen MR) is 87.2 cm³/mol. The molecule has 1 aromatic heterocycles. The Hall–Kier alpha value is -2.01. The normalized spacial score (nSPS) is 15.2. The van der Waals surface area contributed by atoms with Crippen molar-refractivity contribution < 1.29 is 5.21 Å². The molecule has 0 saturated heterocycles. The van der Waals surface area contributed by atoms with Crippen molar-refractivity contribution in [2.24, 2.45) is 10.9 Å². The molecule has 0 aliphatic heterocycles. The lowest BCUT2D eigenvalue weighted by atomic mass is 10.1. The first-order valence-corrected chi connectivity index (χ1v) is 7.95. The summed E-state index contributed by atoms with van der Waals surface area (Å²) in [6.45, 7) is 2.95. The van der Waals surface area contributed by atoms with Crippen LogP contribution in [0.3, 0.4) is 0 Å². The van der Waals surface area contributed by atoms with Crippen molar-refractivity contribution in [3.05, 3.63) is 51.7 Å². The molecule has 1 aliphatic rings. The van der Waals surface area contributed by atoms with Gasteiger partial charge in [0.2, 0.25) is 0 Å². The zero-order chi connectivity index (χ0) is 14.8. The van der Waals surface area contributed by atoms with Crippen LogP contribution in [0, 0.1) is 6.92 Å². The van der Waals surface area contributed by atoms with E-state index in [-0.39, 0.29) is 5.84 Å². The average Bonchev–Trinajstić information content (AvgIpc) is 3.21. The molecule has 3 N–H and O–H groups in total. The molecule has 0 spiro atoms. The van der Waals surface area contributed by atoms with Gasteiger partial charge in [-0.15, -0.1) is 11.3 Å². The van der Waals surface area contributed by atoms with E-state index >= 15 is 0 Å². The highest BCUT2D eigenvalue weighted by Crippen LogP contribution is 2.37. The monoisotopic (exact) mass is 301 g/mol. The molecular formula is C16H19N3OS. The van der Waals surface area contributed by atoms with Crippen LogP contribution in [0.2, 0.25) is 0 Å². The molecule has 1 aliphatic carbocycles.